The largest absolute Gasteiger partial charge is 0.355 e. The maximum Gasteiger partial charge on any atom is 0.261 e. The lowest BCUT2D eigenvalue weighted by atomic mass is 10.0. The third-order valence-electron chi connectivity index (χ3n) is 5.18. The standard InChI is InChI=1S/C22H21N5O2/c1-14(15-5-4-6-17(11-15)21(28)23-2)27-13-24-19-12-16(7-8-18(19)22(27)29)20-9-10-25-26(20)3/h4-14H,1-3H3,(H,23,28)/t14-/m1/s1. The second-order valence-corrected chi connectivity index (χ2v) is 6.91. The molecule has 2 aromatic heterocycles. The van der Waals surface area contributed by atoms with Gasteiger partial charge in [-0.05, 0) is 42.8 Å². The Kier molecular flexibility index (Phi) is 4.72. The number of carbonyl (C=O) groups is 1. The maximum atomic E-state index is 13.1. The molecular formula is C22H21N5O2. The normalized spacial score (nSPS) is 12.1. The van der Waals surface area contributed by atoms with Crippen LogP contribution in [0.3, 0.4) is 0 Å². The van der Waals surface area contributed by atoms with Gasteiger partial charge in [-0.25, -0.2) is 4.98 Å². The average Bonchev–Trinajstić information content (AvgIpc) is 3.18. The Hall–Kier alpha value is -3.74. The zero-order valence-corrected chi connectivity index (χ0v) is 16.5. The van der Waals surface area contributed by atoms with Crippen molar-refractivity contribution >= 4 is 16.8 Å². The number of nitrogens with one attached hydrogen (secondary N) is 1. The molecule has 29 heavy (non-hydrogen) atoms. The van der Waals surface area contributed by atoms with Gasteiger partial charge in [0.2, 0.25) is 0 Å². The molecule has 0 spiro atoms. The van der Waals surface area contributed by atoms with Crippen molar-refractivity contribution in [1.29, 1.82) is 0 Å². The summed E-state index contributed by atoms with van der Waals surface area (Å²) in [5, 5.41) is 7.36. The van der Waals surface area contributed by atoms with E-state index in [1.165, 1.54) is 0 Å². The maximum absolute atomic E-state index is 13.1. The Balaban J connectivity index is 1.75. The molecule has 0 bridgehead atoms. The summed E-state index contributed by atoms with van der Waals surface area (Å²) >= 11 is 0. The van der Waals surface area contributed by atoms with E-state index >= 15 is 0 Å². The van der Waals surface area contributed by atoms with Crippen LogP contribution in [0.1, 0.15) is 28.9 Å². The van der Waals surface area contributed by atoms with E-state index in [1.54, 1.807) is 47.0 Å². The van der Waals surface area contributed by atoms with Crippen LogP contribution in [-0.4, -0.2) is 32.3 Å². The minimum absolute atomic E-state index is 0.121. The number of nitrogens with zero attached hydrogens (tertiary/aromatic N) is 4. The second kappa shape index (κ2) is 7.35. The first-order chi connectivity index (χ1) is 14.0. The van der Waals surface area contributed by atoms with E-state index < -0.39 is 0 Å². The van der Waals surface area contributed by atoms with Crippen LogP contribution < -0.4 is 10.9 Å². The highest BCUT2D eigenvalue weighted by Crippen LogP contribution is 2.23. The minimum Gasteiger partial charge on any atom is -0.355 e. The summed E-state index contributed by atoms with van der Waals surface area (Å²) in [6.45, 7) is 1.92. The number of hydrogen-bond acceptors (Lipinski definition) is 4. The number of aryl methyl sites for hydroxylation is 1. The van der Waals surface area contributed by atoms with Crippen LogP contribution in [0.5, 0.6) is 0 Å². The first kappa shape index (κ1) is 18.6. The lowest BCUT2D eigenvalue weighted by molar-refractivity contribution is 0.0963. The Morgan fingerprint density at radius 1 is 1.14 bits per heavy atom. The van der Waals surface area contributed by atoms with Gasteiger partial charge in [-0.15, -0.1) is 0 Å². The fourth-order valence-corrected chi connectivity index (χ4v) is 3.47. The predicted molar refractivity (Wildman–Crippen MR) is 112 cm³/mol. The van der Waals surface area contributed by atoms with Gasteiger partial charge >= 0.3 is 0 Å². The molecule has 1 atom stereocenters. The number of amides is 1. The predicted octanol–water partition coefficient (Wildman–Crippen LogP) is 2.77. The Labute approximate surface area is 167 Å². The molecule has 0 radical (unpaired) electrons. The molecule has 0 saturated carbocycles. The summed E-state index contributed by atoms with van der Waals surface area (Å²) < 4.78 is 3.37. The molecule has 1 amide bonds. The van der Waals surface area contributed by atoms with Gasteiger partial charge in [-0.1, -0.05) is 18.2 Å². The smallest absolute Gasteiger partial charge is 0.261 e. The quantitative estimate of drug-likeness (QED) is 0.584. The zero-order chi connectivity index (χ0) is 20.5. The van der Waals surface area contributed by atoms with Crippen LogP contribution in [0.2, 0.25) is 0 Å². The van der Waals surface area contributed by atoms with E-state index in [0.717, 1.165) is 16.8 Å². The Morgan fingerprint density at radius 2 is 1.97 bits per heavy atom. The van der Waals surface area contributed by atoms with E-state index in [9.17, 15) is 9.59 Å². The van der Waals surface area contributed by atoms with Gasteiger partial charge in [0, 0.05) is 31.4 Å². The van der Waals surface area contributed by atoms with Crippen LogP contribution in [-0.2, 0) is 7.05 Å². The van der Waals surface area contributed by atoms with Crippen molar-refractivity contribution in [2.75, 3.05) is 7.05 Å². The summed E-state index contributed by atoms with van der Waals surface area (Å²) in [4.78, 5) is 29.5. The molecule has 0 aliphatic heterocycles. The number of benzene rings is 2. The molecule has 0 saturated heterocycles. The average molecular weight is 387 g/mol. The van der Waals surface area contributed by atoms with Crippen LogP contribution in [0.15, 0.2) is 65.8 Å². The number of aromatic nitrogens is 4. The molecule has 0 unspecified atom stereocenters. The fourth-order valence-electron chi connectivity index (χ4n) is 3.47. The third kappa shape index (κ3) is 3.31. The number of carbonyl (C=O) groups excluding carboxylic acids is 1. The SMILES string of the molecule is CNC(=O)c1cccc([C@@H](C)n2cnc3cc(-c4ccnn4C)ccc3c2=O)c1. The Morgan fingerprint density at radius 3 is 2.69 bits per heavy atom. The Bertz CT molecular complexity index is 1270. The topological polar surface area (TPSA) is 81.8 Å². The fraction of sp³-hybridized carbons (Fsp3) is 0.182. The molecule has 0 aliphatic carbocycles. The van der Waals surface area contributed by atoms with E-state index in [-0.39, 0.29) is 17.5 Å². The van der Waals surface area contributed by atoms with Gasteiger partial charge in [0.1, 0.15) is 0 Å². The highest BCUT2D eigenvalue weighted by molar-refractivity contribution is 5.94. The van der Waals surface area contributed by atoms with Gasteiger partial charge in [0.15, 0.2) is 0 Å². The van der Waals surface area contributed by atoms with Crippen molar-refractivity contribution in [3.05, 3.63) is 82.5 Å². The van der Waals surface area contributed by atoms with E-state index in [0.29, 0.717) is 16.5 Å². The number of fused-ring (bicyclic) bond motifs is 1. The molecule has 146 valence electrons. The van der Waals surface area contributed by atoms with Gasteiger partial charge in [-0.2, -0.15) is 5.10 Å². The minimum atomic E-state index is -0.263. The molecule has 0 fully saturated rings. The molecular weight excluding hydrogens is 366 g/mol. The van der Waals surface area contributed by atoms with Crippen LogP contribution in [0.25, 0.3) is 22.2 Å². The highest BCUT2D eigenvalue weighted by Gasteiger charge is 2.15. The second-order valence-electron chi connectivity index (χ2n) is 6.91. The molecule has 4 aromatic rings. The van der Waals surface area contributed by atoms with Crippen LogP contribution >= 0.6 is 0 Å². The summed E-state index contributed by atoms with van der Waals surface area (Å²) in [5.74, 6) is -0.161. The lowest BCUT2D eigenvalue weighted by Gasteiger charge is -2.16. The first-order valence-corrected chi connectivity index (χ1v) is 9.31. The number of rotatable bonds is 4. The van der Waals surface area contributed by atoms with Crippen LogP contribution in [0, 0.1) is 0 Å². The van der Waals surface area contributed by atoms with Crippen molar-refractivity contribution < 1.29 is 4.79 Å². The van der Waals surface area contributed by atoms with Gasteiger partial charge in [0.05, 0.1) is 29.0 Å². The molecule has 2 heterocycles. The summed E-state index contributed by atoms with van der Waals surface area (Å²) in [7, 11) is 3.47. The van der Waals surface area contributed by atoms with E-state index in [4.69, 9.17) is 0 Å². The van der Waals surface area contributed by atoms with Crippen LogP contribution in [0.4, 0.5) is 0 Å². The summed E-state index contributed by atoms with van der Waals surface area (Å²) in [6.07, 6.45) is 3.30. The van der Waals surface area contributed by atoms with Crippen molar-refractivity contribution in [2.45, 2.75) is 13.0 Å². The van der Waals surface area contributed by atoms with Crippen molar-refractivity contribution in [3.8, 4) is 11.3 Å². The summed E-state index contributed by atoms with van der Waals surface area (Å²) in [6, 6.07) is 14.5. The third-order valence-corrected chi connectivity index (χ3v) is 5.18. The molecule has 4 rings (SSSR count). The summed E-state index contributed by atoms with van der Waals surface area (Å²) in [5.41, 5.74) is 3.84. The number of hydrogen-bond donors (Lipinski definition) is 1. The monoisotopic (exact) mass is 387 g/mol. The molecule has 1 N–H and O–H groups in total. The highest BCUT2D eigenvalue weighted by atomic mass is 16.1. The van der Waals surface area contributed by atoms with Gasteiger partial charge in [0.25, 0.3) is 11.5 Å². The van der Waals surface area contributed by atoms with Gasteiger partial charge < -0.3 is 5.32 Å². The van der Waals surface area contributed by atoms with Crippen molar-refractivity contribution in [3.63, 3.8) is 0 Å². The van der Waals surface area contributed by atoms with Gasteiger partial charge in [-0.3, -0.25) is 18.8 Å². The zero-order valence-electron chi connectivity index (χ0n) is 16.5. The molecule has 7 heteroatoms. The van der Waals surface area contributed by atoms with E-state index in [2.05, 4.69) is 15.4 Å². The van der Waals surface area contributed by atoms with Crippen molar-refractivity contribution in [1.82, 2.24) is 24.6 Å². The lowest BCUT2D eigenvalue weighted by Crippen LogP contribution is -2.25. The first-order valence-electron chi connectivity index (χ1n) is 9.31. The molecule has 2 aromatic carbocycles. The van der Waals surface area contributed by atoms with Crippen molar-refractivity contribution in [2.24, 2.45) is 7.05 Å². The molecule has 0 aliphatic rings. The molecule has 7 nitrogen and oxygen atoms in total. The van der Waals surface area contributed by atoms with E-state index in [1.807, 2.05) is 44.3 Å².